The number of carboxylic acid groups (broad SMARTS) is 1. The highest BCUT2D eigenvalue weighted by Gasteiger charge is 2.48. The van der Waals surface area contributed by atoms with Crippen LogP contribution in [0.5, 0.6) is 0 Å². The van der Waals surface area contributed by atoms with E-state index in [0.29, 0.717) is 13.0 Å². The summed E-state index contributed by atoms with van der Waals surface area (Å²) in [4.78, 5) is 25.1. The summed E-state index contributed by atoms with van der Waals surface area (Å²) in [6.07, 6.45) is 4.58. The van der Waals surface area contributed by atoms with Gasteiger partial charge in [-0.3, -0.25) is 0 Å². The molecule has 2 amide bonds. The largest absolute Gasteiger partial charge is 0.480 e. The molecular weight excluding hydrogens is 248 g/mol. The highest BCUT2D eigenvalue weighted by Crippen LogP contribution is 2.35. The summed E-state index contributed by atoms with van der Waals surface area (Å²) < 4.78 is 5.70. The maximum absolute atomic E-state index is 12.3. The predicted molar refractivity (Wildman–Crippen MR) is 66.8 cm³/mol. The molecule has 0 spiro atoms. The Morgan fingerprint density at radius 1 is 1.42 bits per heavy atom. The number of amides is 2. The fraction of sp³-hybridized carbons (Fsp3) is 0.846. The van der Waals surface area contributed by atoms with Crippen LogP contribution in [0.15, 0.2) is 0 Å². The zero-order valence-electron chi connectivity index (χ0n) is 11.1. The van der Waals surface area contributed by atoms with Crippen LogP contribution in [-0.4, -0.2) is 52.3 Å². The van der Waals surface area contributed by atoms with Gasteiger partial charge in [-0.1, -0.05) is 0 Å². The van der Waals surface area contributed by atoms with E-state index in [4.69, 9.17) is 4.74 Å². The molecule has 0 aromatic heterocycles. The van der Waals surface area contributed by atoms with Crippen LogP contribution in [0.1, 0.15) is 39.0 Å². The van der Waals surface area contributed by atoms with Gasteiger partial charge < -0.3 is 20.1 Å². The summed E-state index contributed by atoms with van der Waals surface area (Å²) >= 11 is 0. The Balaban J connectivity index is 1.65. The number of urea groups is 1. The lowest BCUT2D eigenvalue weighted by Crippen LogP contribution is -2.56. The number of carbonyl (C=O) groups excluding carboxylic acids is 1. The zero-order valence-corrected chi connectivity index (χ0v) is 11.1. The summed E-state index contributed by atoms with van der Waals surface area (Å²) in [6.45, 7) is 2.13. The third-order valence-corrected chi connectivity index (χ3v) is 4.76. The van der Waals surface area contributed by atoms with E-state index in [-0.39, 0.29) is 24.3 Å². The smallest absolute Gasteiger partial charge is 0.329 e. The number of carboxylic acids is 1. The molecule has 2 N–H and O–H groups in total. The first-order valence-electron chi connectivity index (χ1n) is 6.98. The number of fused-ring (bicyclic) bond motifs is 2. The topological polar surface area (TPSA) is 78.9 Å². The fourth-order valence-corrected chi connectivity index (χ4v) is 3.54. The van der Waals surface area contributed by atoms with Gasteiger partial charge in [0.15, 0.2) is 0 Å². The minimum absolute atomic E-state index is 0.0462. The number of rotatable bonds is 2. The minimum atomic E-state index is -1.07. The molecular formula is C13H20N2O4. The number of aliphatic carboxylic acids is 1. The van der Waals surface area contributed by atoms with E-state index in [1.807, 2.05) is 0 Å². The molecule has 2 bridgehead atoms. The number of likely N-dealkylation sites (tertiary alicyclic amines) is 1. The van der Waals surface area contributed by atoms with E-state index in [9.17, 15) is 14.7 Å². The maximum atomic E-state index is 12.3. The van der Waals surface area contributed by atoms with E-state index in [0.717, 1.165) is 25.7 Å². The first-order chi connectivity index (χ1) is 9.00. The van der Waals surface area contributed by atoms with E-state index in [2.05, 4.69) is 5.32 Å². The number of carbonyl (C=O) groups is 2. The minimum Gasteiger partial charge on any atom is -0.480 e. The molecule has 6 nitrogen and oxygen atoms in total. The summed E-state index contributed by atoms with van der Waals surface area (Å²) in [7, 11) is 0. The molecule has 4 atom stereocenters. The van der Waals surface area contributed by atoms with Crippen molar-refractivity contribution in [3.05, 3.63) is 0 Å². The normalized spacial score (nSPS) is 40.7. The van der Waals surface area contributed by atoms with E-state index in [1.54, 1.807) is 6.92 Å². The molecule has 3 fully saturated rings. The molecule has 3 aliphatic rings. The molecule has 0 saturated carbocycles. The Labute approximate surface area is 112 Å². The van der Waals surface area contributed by atoms with Gasteiger partial charge in [-0.15, -0.1) is 0 Å². The van der Waals surface area contributed by atoms with Crippen molar-refractivity contribution >= 4 is 12.0 Å². The van der Waals surface area contributed by atoms with Crippen LogP contribution in [0.4, 0.5) is 4.79 Å². The third-order valence-electron chi connectivity index (χ3n) is 4.76. The van der Waals surface area contributed by atoms with Crippen molar-refractivity contribution in [3.8, 4) is 0 Å². The Kier molecular flexibility index (Phi) is 2.92. The maximum Gasteiger partial charge on any atom is 0.329 e. The van der Waals surface area contributed by atoms with Crippen molar-refractivity contribution in [2.45, 2.75) is 62.8 Å². The molecule has 6 heteroatoms. The average molecular weight is 268 g/mol. The van der Waals surface area contributed by atoms with Crippen molar-refractivity contribution < 1.29 is 19.4 Å². The molecule has 4 unspecified atom stereocenters. The van der Waals surface area contributed by atoms with Crippen molar-refractivity contribution in [2.24, 2.45) is 0 Å². The van der Waals surface area contributed by atoms with Crippen molar-refractivity contribution in [1.29, 1.82) is 0 Å². The number of ether oxygens (including phenoxy) is 1. The molecule has 106 valence electrons. The third kappa shape index (κ3) is 1.98. The van der Waals surface area contributed by atoms with Gasteiger partial charge in [0.05, 0.1) is 18.2 Å². The molecule has 3 aliphatic heterocycles. The van der Waals surface area contributed by atoms with Gasteiger partial charge in [0, 0.05) is 6.54 Å². The molecule has 3 saturated heterocycles. The van der Waals surface area contributed by atoms with Gasteiger partial charge in [-0.2, -0.15) is 0 Å². The average Bonchev–Trinajstić information content (AvgIpc) is 3.03. The van der Waals surface area contributed by atoms with Gasteiger partial charge in [0.2, 0.25) is 0 Å². The second-order valence-electron chi connectivity index (χ2n) is 6.00. The number of hydrogen-bond donors (Lipinski definition) is 2. The SMILES string of the molecule is CC1(C(=O)O)CCCN1C(=O)NC1CC2CCC1O2. The zero-order chi connectivity index (χ0) is 13.6. The van der Waals surface area contributed by atoms with Crippen LogP contribution in [0, 0.1) is 0 Å². The summed E-state index contributed by atoms with van der Waals surface area (Å²) in [5, 5.41) is 12.3. The molecule has 0 aliphatic carbocycles. The van der Waals surface area contributed by atoms with E-state index < -0.39 is 11.5 Å². The lowest BCUT2D eigenvalue weighted by atomic mass is 9.95. The summed E-state index contributed by atoms with van der Waals surface area (Å²) in [6, 6.07) is -0.214. The summed E-state index contributed by atoms with van der Waals surface area (Å²) in [5.41, 5.74) is -1.07. The van der Waals surface area contributed by atoms with Crippen molar-refractivity contribution in [3.63, 3.8) is 0 Å². The number of nitrogens with zero attached hydrogens (tertiary/aromatic N) is 1. The highest BCUT2D eigenvalue weighted by atomic mass is 16.5. The second-order valence-corrected chi connectivity index (χ2v) is 6.00. The van der Waals surface area contributed by atoms with E-state index in [1.165, 1.54) is 4.90 Å². The van der Waals surface area contributed by atoms with Crippen molar-refractivity contribution in [1.82, 2.24) is 10.2 Å². The lowest BCUT2D eigenvalue weighted by molar-refractivity contribution is -0.147. The first kappa shape index (κ1) is 12.7. The van der Waals surface area contributed by atoms with Crippen LogP contribution in [0.25, 0.3) is 0 Å². The summed E-state index contributed by atoms with van der Waals surface area (Å²) in [5.74, 6) is -0.927. The molecule has 19 heavy (non-hydrogen) atoms. The van der Waals surface area contributed by atoms with Gasteiger partial charge >= 0.3 is 12.0 Å². The standard InChI is InChI=1S/C13H20N2O4/c1-13(11(16)17)5-2-6-15(13)12(18)14-9-7-8-3-4-10(9)19-8/h8-10H,2-7H2,1H3,(H,14,18)(H,16,17). The quantitative estimate of drug-likeness (QED) is 0.781. The fourth-order valence-electron chi connectivity index (χ4n) is 3.54. The highest BCUT2D eigenvalue weighted by molar-refractivity contribution is 5.86. The molecule has 0 aromatic rings. The van der Waals surface area contributed by atoms with Gasteiger partial charge in [-0.05, 0) is 39.0 Å². The van der Waals surface area contributed by atoms with E-state index >= 15 is 0 Å². The molecule has 3 rings (SSSR count). The van der Waals surface area contributed by atoms with Crippen LogP contribution in [-0.2, 0) is 9.53 Å². The Bertz CT molecular complexity index is 413. The Morgan fingerprint density at radius 3 is 2.79 bits per heavy atom. The van der Waals surface area contributed by atoms with Crippen LogP contribution in [0.3, 0.4) is 0 Å². The van der Waals surface area contributed by atoms with Gasteiger partial charge in [0.1, 0.15) is 5.54 Å². The Morgan fingerprint density at radius 2 is 2.21 bits per heavy atom. The lowest BCUT2D eigenvalue weighted by Gasteiger charge is -2.33. The molecule has 3 heterocycles. The van der Waals surface area contributed by atoms with Crippen LogP contribution in [0.2, 0.25) is 0 Å². The molecule has 0 aromatic carbocycles. The van der Waals surface area contributed by atoms with Gasteiger partial charge in [-0.25, -0.2) is 9.59 Å². The molecule has 0 radical (unpaired) electrons. The number of hydrogen-bond acceptors (Lipinski definition) is 3. The predicted octanol–water partition coefficient (Wildman–Crippen LogP) is 0.955. The Hall–Kier alpha value is -1.30. The monoisotopic (exact) mass is 268 g/mol. The second kappa shape index (κ2) is 4.37. The van der Waals surface area contributed by atoms with Crippen molar-refractivity contribution in [2.75, 3.05) is 6.54 Å². The van der Waals surface area contributed by atoms with Gasteiger partial charge in [0.25, 0.3) is 0 Å². The number of nitrogens with one attached hydrogen (secondary N) is 1. The van der Waals surface area contributed by atoms with Crippen LogP contribution >= 0.6 is 0 Å². The van der Waals surface area contributed by atoms with Crippen LogP contribution < -0.4 is 5.32 Å². The first-order valence-corrected chi connectivity index (χ1v) is 6.98.